The van der Waals surface area contributed by atoms with Gasteiger partial charge in [0, 0.05) is 12.8 Å². The minimum atomic E-state index is -4.90. The SMILES string of the molecule is CC/C=C\C[C@H](O)/C=C/C=C\C=C\[C@H](O)C/C=C\C/C=C\CCC(=O)O[C@H](COC(=O)CCC/C=C\C/C=C\C/C=C\C/C=C\CCCCC)COP(=O)(O)OC[C@@H](O)COP(=O)(O)O. The quantitative estimate of drug-likeness (QED) is 0.0110. The van der Waals surface area contributed by atoms with Gasteiger partial charge in [-0.25, -0.2) is 9.13 Å². The first kappa shape index (κ1) is 61.4. The number of carbonyl (C=O) groups excluding carboxylic acids is 2. The van der Waals surface area contributed by atoms with Crippen LogP contribution in [-0.4, -0.2) is 92.8 Å². The molecule has 0 spiro atoms. The van der Waals surface area contributed by atoms with E-state index in [1.54, 1.807) is 42.5 Å². The molecule has 15 nitrogen and oxygen atoms in total. The molecule has 0 aromatic rings. The standard InChI is InChI=1S/C48H76O15P2/c1-3-5-7-8-9-10-11-12-13-14-15-16-17-18-19-23-31-37-47(52)59-41-46(42-62-65(57,58)61-40-45(51)39-60-64(54,55)56)63-48(53)38-32-24-21-20-22-28-34-44(50)36-30-26-25-29-35-43(49)33-27-6-4-2/h6,9-10,12-13,15-16,18-19,21-22,24-30,35-36,43-46,49-51H,3-5,7-8,11,14,17,20,23,31-34,37-42H2,1-2H3,(H,57,58)(H2,54,55,56)/b10-9-,13-12-,16-15-,19-18-,24-21-,26-25-,27-6-,28-22-,35-29+,36-30+/t43-,44+,45-,46+/m0/s1. The van der Waals surface area contributed by atoms with Gasteiger partial charge in [-0.2, -0.15) is 0 Å². The summed E-state index contributed by atoms with van der Waals surface area (Å²) < 4.78 is 47.6. The number of rotatable bonds is 40. The summed E-state index contributed by atoms with van der Waals surface area (Å²) in [6, 6.07) is 0. The maximum Gasteiger partial charge on any atom is 0.472 e. The predicted octanol–water partition coefficient (Wildman–Crippen LogP) is 9.61. The number of ether oxygens (including phenoxy) is 2. The number of allylic oxidation sites excluding steroid dienone is 16. The average Bonchev–Trinajstić information content (AvgIpc) is 3.26. The van der Waals surface area contributed by atoms with E-state index in [-0.39, 0.29) is 12.8 Å². The maximum absolute atomic E-state index is 12.7. The highest BCUT2D eigenvalue weighted by molar-refractivity contribution is 7.47. The van der Waals surface area contributed by atoms with E-state index in [4.69, 9.17) is 23.8 Å². The first-order valence-electron chi connectivity index (χ1n) is 22.4. The van der Waals surface area contributed by atoms with Gasteiger partial charge in [-0.1, -0.05) is 148 Å². The summed E-state index contributed by atoms with van der Waals surface area (Å²) in [6.07, 6.45) is 45.6. The number of carbonyl (C=O) groups is 2. The highest BCUT2D eigenvalue weighted by Crippen LogP contribution is 2.43. The van der Waals surface area contributed by atoms with E-state index >= 15 is 0 Å². The van der Waals surface area contributed by atoms with Crippen LogP contribution >= 0.6 is 15.6 Å². The van der Waals surface area contributed by atoms with Gasteiger partial charge < -0.3 is 39.5 Å². The van der Waals surface area contributed by atoms with Crippen LogP contribution in [0.15, 0.2) is 122 Å². The van der Waals surface area contributed by atoms with Gasteiger partial charge in [0.15, 0.2) is 6.10 Å². The lowest BCUT2D eigenvalue weighted by molar-refractivity contribution is -0.161. The third-order valence-electron chi connectivity index (χ3n) is 8.50. The van der Waals surface area contributed by atoms with Crippen molar-refractivity contribution in [3.05, 3.63) is 122 Å². The molecule has 0 saturated carbocycles. The fourth-order valence-electron chi connectivity index (χ4n) is 5.07. The Kier molecular flexibility index (Phi) is 39.5. The number of hydrogen-bond acceptors (Lipinski definition) is 12. The number of phosphoric acid groups is 2. The van der Waals surface area contributed by atoms with Crippen molar-refractivity contribution in [2.75, 3.05) is 26.4 Å². The van der Waals surface area contributed by atoms with E-state index in [2.05, 4.69) is 52.4 Å². The van der Waals surface area contributed by atoms with Gasteiger partial charge in [-0.3, -0.25) is 23.2 Å². The largest absolute Gasteiger partial charge is 0.472 e. The molecule has 6 N–H and O–H groups in total. The molecular weight excluding hydrogens is 878 g/mol. The number of phosphoric ester groups is 2. The zero-order valence-corrected chi connectivity index (χ0v) is 40.0. The van der Waals surface area contributed by atoms with Crippen molar-refractivity contribution in [3.8, 4) is 0 Å². The van der Waals surface area contributed by atoms with Crippen LogP contribution in [0.25, 0.3) is 0 Å². The van der Waals surface area contributed by atoms with Crippen molar-refractivity contribution in [3.63, 3.8) is 0 Å². The molecule has 0 radical (unpaired) electrons. The molecule has 0 bridgehead atoms. The Labute approximate surface area is 387 Å². The lowest BCUT2D eigenvalue weighted by Crippen LogP contribution is -2.29. The summed E-state index contributed by atoms with van der Waals surface area (Å²) >= 11 is 0. The smallest absolute Gasteiger partial charge is 0.462 e. The summed E-state index contributed by atoms with van der Waals surface area (Å²) in [6.45, 7) is 1.25. The molecular formula is C48H76O15P2. The van der Waals surface area contributed by atoms with Crippen LogP contribution in [0.3, 0.4) is 0 Å². The fourth-order valence-corrected chi connectivity index (χ4v) is 6.22. The van der Waals surface area contributed by atoms with Crippen LogP contribution in [0.2, 0.25) is 0 Å². The molecule has 0 fully saturated rings. The zero-order chi connectivity index (χ0) is 48.3. The molecule has 0 amide bonds. The van der Waals surface area contributed by atoms with Gasteiger partial charge in [-0.05, 0) is 77.0 Å². The molecule has 1 unspecified atom stereocenters. The summed E-state index contributed by atoms with van der Waals surface area (Å²) in [5.74, 6) is -1.28. The van der Waals surface area contributed by atoms with Gasteiger partial charge in [0.05, 0.1) is 32.0 Å². The van der Waals surface area contributed by atoms with E-state index in [1.807, 2.05) is 49.5 Å². The Hall–Kier alpha value is -3.56. The van der Waals surface area contributed by atoms with Crippen LogP contribution in [-0.2, 0) is 41.8 Å². The molecule has 0 saturated heterocycles. The highest BCUT2D eigenvalue weighted by Gasteiger charge is 2.28. The normalized spacial score (nSPS) is 16.0. The van der Waals surface area contributed by atoms with Gasteiger partial charge >= 0.3 is 27.6 Å². The molecule has 0 aromatic heterocycles. The van der Waals surface area contributed by atoms with Crippen molar-refractivity contribution in [1.29, 1.82) is 0 Å². The average molecular weight is 955 g/mol. The van der Waals surface area contributed by atoms with E-state index in [9.17, 15) is 38.9 Å². The van der Waals surface area contributed by atoms with Crippen molar-refractivity contribution < 1.29 is 71.8 Å². The van der Waals surface area contributed by atoms with E-state index in [1.165, 1.54) is 19.3 Å². The highest BCUT2D eigenvalue weighted by atomic mass is 31.2. The molecule has 0 heterocycles. The van der Waals surface area contributed by atoms with Gasteiger partial charge in [0.2, 0.25) is 0 Å². The molecule has 0 aliphatic carbocycles. The molecule has 0 rings (SSSR count). The Morgan fingerprint density at radius 2 is 1.02 bits per heavy atom. The summed E-state index contributed by atoms with van der Waals surface area (Å²) in [5, 5.41) is 29.7. The molecule has 17 heteroatoms. The third-order valence-corrected chi connectivity index (χ3v) is 9.94. The van der Waals surface area contributed by atoms with Crippen molar-refractivity contribution in [1.82, 2.24) is 0 Å². The van der Waals surface area contributed by atoms with Crippen LogP contribution in [0.4, 0.5) is 0 Å². The summed E-state index contributed by atoms with van der Waals surface area (Å²) in [5.41, 5.74) is 0. The van der Waals surface area contributed by atoms with E-state index in [0.29, 0.717) is 38.5 Å². The second-order valence-electron chi connectivity index (χ2n) is 14.6. The first-order valence-corrected chi connectivity index (χ1v) is 25.5. The first-order chi connectivity index (χ1) is 31.2. The minimum Gasteiger partial charge on any atom is -0.462 e. The monoisotopic (exact) mass is 954 g/mol. The zero-order valence-electron chi connectivity index (χ0n) is 38.3. The molecule has 0 aliphatic rings. The predicted molar refractivity (Wildman–Crippen MR) is 255 cm³/mol. The second-order valence-corrected chi connectivity index (χ2v) is 17.3. The topological polar surface area (TPSA) is 236 Å². The second kappa shape index (κ2) is 41.8. The number of esters is 2. The van der Waals surface area contributed by atoms with Gasteiger partial charge in [-0.15, -0.1) is 0 Å². The number of aliphatic hydroxyl groups is 3. The summed E-state index contributed by atoms with van der Waals surface area (Å²) in [4.78, 5) is 52.7. The summed E-state index contributed by atoms with van der Waals surface area (Å²) in [7, 11) is -9.78. The maximum atomic E-state index is 12.7. The van der Waals surface area contributed by atoms with Crippen LogP contribution in [0.1, 0.15) is 117 Å². The van der Waals surface area contributed by atoms with Gasteiger partial charge in [0.1, 0.15) is 12.7 Å². The molecule has 5 atom stereocenters. The lowest BCUT2D eigenvalue weighted by atomic mass is 10.2. The third kappa shape index (κ3) is 45.4. The molecule has 368 valence electrons. The van der Waals surface area contributed by atoms with Crippen LogP contribution in [0.5, 0.6) is 0 Å². The van der Waals surface area contributed by atoms with Gasteiger partial charge in [0.25, 0.3) is 0 Å². The molecule has 0 aliphatic heterocycles. The number of unbranched alkanes of at least 4 members (excludes halogenated alkanes) is 4. The van der Waals surface area contributed by atoms with Crippen molar-refractivity contribution in [2.24, 2.45) is 0 Å². The Morgan fingerprint density at radius 3 is 1.57 bits per heavy atom. The Balaban J connectivity index is 4.85. The van der Waals surface area contributed by atoms with E-state index in [0.717, 1.165) is 32.1 Å². The number of aliphatic hydroxyl groups excluding tert-OH is 3. The molecule has 65 heavy (non-hydrogen) atoms. The number of hydrogen-bond donors (Lipinski definition) is 6. The minimum absolute atomic E-state index is 0.0696. The Bertz CT molecular complexity index is 1640. The lowest BCUT2D eigenvalue weighted by Gasteiger charge is -2.20. The van der Waals surface area contributed by atoms with Crippen LogP contribution in [0, 0.1) is 0 Å². The van der Waals surface area contributed by atoms with E-state index < -0.39 is 78.4 Å². The van der Waals surface area contributed by atoms with Crippen LogP contribution < -0.4 is 0 Å². The Morgan fingerprint density at radius 1 is 0.523 bits per heavy atom. The fraction of sp³-hybridized carbons (Fsp3) is 0.542. The molecule has 0 aromatic carbocycles. The van der Waals surface area contributed by atoms with Crippen molar-refractivity contribution >= 4 is 27.6 Å². The van der Waals surface area contributed by atoms with Crippen molar-refractivity contribution in [2.45, 2.75) is 141 Å².